The molecule has 3 heteroatoms. The highest BCUT2D eigenvalue weighted by Crippen LogP contribution is 2.21. The van der Waals surface area contributed by atoms with Gasteiger partial charge in [-0.1, -0.05) is 15.9 Å². The van der Waals surface area contributed by atoms with Gasteiger partial charge in [0.25, 0.3) is 0 Å². The molecule has 1 unspecified atom stereocenters. The smallest absolute Gasteiger partial charge is 0.126 e. The highest BCUT2D eigenvalue weighted by Gasteiger charge is 2.07. The van der Waals surface area contributed by atoms with E-state index >= 15 is 0 Å². The van der Waals surface area contributed by atoms with Crippen LogP contribution in [0.15, 0.2) is 16.6 Å². The number of benzene rings is 1. The van der Waals surface area contributed by atoms with Crippen LogP contribution >= 0.6 is 15.9 Å². The van der Waals surface area contributed by atoms with Gasteiger partial charge in [0, 0.05) is 10.5 Å². The molecule has 0 aromatic heterocycles. The molecule has 72 valence electrons. The van der Waals surface area contributed by atoms with Crippen LogP contribution in [0.4, 0.5) is 4.39 Å². The van der Waals surface area contributed by atoms with Gasteiger partial charge in [-0.05, 0) is 43.5 Å². The van der Waals surface area contributed by atoms with Gasteiger partial charge in [-0.2, -0.15) is 0 Å². The van der Waals surface area contributed by atoms with Crippen LogP contribution in [0.2, 0.25) is 0 Å². The van der Waals surface area contributed by atoms with Gasteiger partial charge < -0.3 is 5.73 Å². The zero-order valence-corrected chi connectivity index (χ0v) is 9.36. The van der Waals surface area contributed by atoms with E-state index in [2.05, 4.69) is 15.9 Å². The molecule has 1 rings (SSSR count). The van der Waals surface area contributed by atoms with Crippen LogP contribution in [-0.2, 0) is 6.42 Å². The molecule has 1 atom stereocenters. The second-order valence-corrected chi connectivity index (χ2v) is 4.23. The monoisotopic (exact) mass is 245 g/mol. The summed E-state index contributed by atoms with van der Waals surface area (Å²) in [4.78, 5) is 0. The van der Waals surface area contributed by atoms with Gasteiger partial charge in [0.15, 0.2) is 0 Å². The second kappa shape index (κ2) is 4.20. The van der Waals surface area contributed by atoms with Crippen LogP contribution in [0.25, 0.3) is 0 Å². The Kier molecular flexibility index (Phi) is 3.45. The van der Waals surface area contributed by atoms with Crippen molar-refractivity contribution in [2.75, 3.05) is 0 Å². The predicted molar refractivity (Wildman–Crippen MR) is 56.2 cm³/mol. The number of nitrogens with two attached hydrogens (primary N) is 1. The highest BCUT2D eigenvalue weighted by atomic mass is 79.9. The molecule has 0 saturated heterocycles. The Balaban J connectivity index is 3.01. The maximum Gasteiger partial charge on any atom is 0.126 e. The average molecular weight is 246 g/mol. The van der Waals surface area contributed by atoms with Crippen LogP contribution in [0.3, 0.4) is 0 Å². The number of halogens is 2. The lowest BCUT2D eigenvalue weighted by Crippen LogP contribution is -2.18. The lowest BCUT2D eigenvalue weighted by Gasteiger charge is -2.08. The molecule has 0 aliphatic heterocycles. The zero-order valence-electron chi connectivity index (χ0n) is 7.77. The molecular weight excluding hydrogens is 233 g/mol. The molecule has 0 spiro atoms. The third-order valence-corrected chi connectivity index (χ3v) is 2.72. The largest absolute Gasteiger partial charge is 0.328 e. The average Bonchev–Trinajstić information content (AvgIpc) is 1.99. The molecule has 1 aromatic carbocycles. The molecule has 1 nitrogen and oxygen atoms in total. The topological polar surface area (TPSA) is 26.0 Å². The van der Waals surface area contributed by atoms with Crippen LogP contribution in [0, 0.1) is 12.7 Å². The quantitative estimate of drug-likeness (QED) is 0.853. The fourth-order valence-electron chi connectivity index (χ4n) is 1.19. The Morgan fingerprint density at radius 2 is 2.15 bits per heavy atom. The summed E-state index contributed by atoms with van der Waals surface area (Å²) >= 11 is 3.36. The number of aryl methyl sites for hydroxylation is 1. The van der Waals surface area contributed by atoms with Crippen molar-refractivity contribution in [2.45, 2.75) is 26.3 Å². The highest BCUT2D eigenvalue weighted by molar-refractivity contribution is 9.10. The first-order chi connectivity index (χ1) is 6.00. The first-order valence-corrected chi connectivity index (χ1v) is 5.00. The molecule has 0 fully saturated rings. The number of hydrogen-bond donors (Lipinski definition) is 1. The van der Waals surface area contributed by atoms with Gasteiger partial charge in [-0.3, -0.25) is 0 Å². The second-order valence-electron chi connectivity index (χ2n) is 3.37. The van der Waals surface area contributed by atoms with Crippen molar-refractivity contribution in [3.8, 4) is 0 Å². The standard InChI is InChI=1S/C10H13BrFN/c1-6-3-10(12)8(4-7(2)13)5-9(6)11/h3,5,7H,4,13H2,1-2H3. The van der Waals surface area contributed by atoms with Crippen molar-refractivity contribution in [1.29, 1.82) is 0 Å². The van der Waals surface area contributed by atoms with Gasteiger partial charge in [0.2, 0.25) is 0 Å². The summed E-state index contributed by atoms with van der Waals surface area (Å²) < 4.78 is 14.2. The van der Waals surface area contributed by atoms with Crippen LogP contribution in [0.1, 0.15) is 18.1 Å². The van der Waals surface area contributed by atoms with Crippen LogP contribution in [-0.4, -0.2) is 6.04 Å². The Morgan fingerprint density at radius 3 is 2.69 bits per heavy atom. The Hall–Kier alpha value is -0.410. The molecular formula is C10H13BrFN. The van der Waals surface area contributed by atoms with E-state index in [1.54, 1.807) is 6.07 Å². The molecule has 0 amide bonds. The molecule has 0 saturated carbocycles. The maximum atomic E-state index is 13.3. The van der Waals surface area contributed by atoms with Crippen molar-refractivity contribution < 1.29 is 4.39 Å². The number of hydrogen-bond acceptors (Lipinski definition) is 1. The normalized spacial score (nSPS) is 13.0. The van der Waals surface area contributed by atoms with Gasteiger partial charge in [0.1, 0.15) is 5.82 Å². The molecule has 0 aliphatic carbocycles. The summed E-state index contributed by atoms with van der Waals surface area (Å²) in [5, 5.41) is 0. The first kappa shape index (κ1) is 10.7. The van der Waals surface area contributed by atoms with E-state index < -0.39 is 0 Å². The maximum absolute atomic E-state index is 13.3. The Labute approximate surface area is 86.3 Å². The van der Waals surface area contributed by atoms with E-state index in [1.807, 2.05) is 13.8 Å². The molecule has 1 aromatic rings. The lowest BCUT2D eigenvalue weighted by atomic mass is 10.1. The first-order valence-electron chi connectivity index (χ1n) is 4.21. The third kappa shape index (κ3) is 2.78. The van der Waals surface area contributed by atoms with Gasteiger partial charge in [-0.25, -0.2) is 4.39 Å². The predicted octanol–water partition coefficient (Wildman–Crippen LogP) is 2.79. The minimum Gasteiger partial charge on any atom is -0.328 e. The van der Waals surface area contributed by atoms with E-state index in [9.17, 15) is 4.39 Å². The summed E-state index contributed by atoms with van der Waals surface area (Å²) in [6, 6.07) is 3.32. The summed E-state index contributed by atoms with van der Waals surface area (Å²) in [5.41, 5.74) is 7.18. The summed E-state index contributed by atoms with van der Waals surface area (Å²) in [7, 11) is 0. The molecule has 0 aliphatic rings. The fourth-order valence-corrected chi connectivity index (χ4v) is 1.58. The molecule has 2 N–H and O–H groups in total. The number of rotatable bonds is 2. The molecule has 13 heavy (non-hydrogen) atoms. The minimum atomic E-state index is -0.169. The Morgan fingerprint density at radius 1 is 1.54 bits per heavy atom. The van der Waals surface area contributed by atoms with Crippen LogP contribution < -0.4 is 5.73 Å². The fraction of sp³-hybridized carbons (Fsp3) is 0.400. The third-order valence-electron chi connectivity index (χ3n) is 1.87. The van der Waals surface area contributed by atoms with Gasteiger partial charge >= 0.3 is 0 Å². The SMILES string of the molecule is Cc1cc(F)c(CC(C)N)cc1Br. The van der Waals surface area contributed by atoms with Gasteiger partial charge in [0.05, 0.1) is 0 Å². The van der Waals surface area contributed by atoms with E-state index in [-0.39, 0.29) is 11.9 Å². The molecule has 0 heterocycles. The van der Waals surface area contributed by atoms with Crippen molar-refractivity contribution in [2.24, 2.45) is 5.73 Å². The van der Waals surface area contributed by atoms with E-state index in [0.29, 0.717) is 12.0 Å². The summed E-state index contributed by atoms with van der Waals surface area (Å²) in [6.07, 6.45) is 0.574. The van der Waals surface area contributed by atoms with Crippen LogP contribution in [0.5, 0.6) is 0 Å². The lowest BCUT2D eigenvalue weighted by molar-refractivity contribution is 0.594. The van der Waals surface area contributed by atoms with E-state index in [1.165, 1.54) is 6.07 Å². The summed E-state index contributed by atoms with van der Waals surface area (Å²) in [5.74, 6) is -0.169. The van der Waals surface area contributed by atoms with Crippen molar-refractivity contribution in [1.82, 2.24) is 0 Å². The van der Waals surface area contributed by atoms with E-state index in [0.717, 1.165) is 10.0 Å². The molecule has 0 radical (unpaired) electrons. The minimum absolute atomic E-state index is 0.0101. The van der Waals surface area contributed by atoms with Crippen molar-refractivity contribution in [3.05, 3.63) is 33.5 Å². The van der Waals surface area contributed by atoms with Crippen molar-refractivity contribution in [3.63, 3.8) is 0 Å². The van der Waals surface area contributed by atoms with Crippen molar-refractivity contribution >= 4 is 15.9 Å². The Bertz CT molecular complexity index is 310. The van der Waals surface area contributed by atoms with Gasteiger partial charge in [-0.15, -0.1) is 0 Å². The summed E-state index contributed by atoms with van der Waals surface area (Å²) in [6.45, 7) is 3.73. The molecule has 0 bridgehead atoms. The zero-order chi connectivity index (χ0) is 10.0. The van der Waals surface area contributed by atoms with E-state index in [4.69, 9.17) is 5.73 Å².